The van der Waals surface area contributed by atoms with Crippen LogP contribution < -0.4 is 10.6 Å². The Morgan fingerprint density at radius 1 is 0.882 bits per heavy atom. The molecule has 0 aliphatic rings. The summed E-state index contributed by atoms with van der Waals surface area (Å²) in [5, 5.41) is 6.79. The van der Waals surface area contributed by atoms with Crippen LogP contribution in [0.5, 0.6) is 0 Å². The van der Waals surface area contributed by atoms with Gasteiger partial charge in [-0.2, -0.15) is 0 Å². The van der Waals surface area contributed by atoms with Gasteiger partial charge in [0.25, 0.3) is 0 Å². The molecule has 96 valence electrons. The van der Waals surface area contributed by atoms with Gasteiger partial charge >= 0.3 is 0 Å². The quantitative estimate of drug-likeness (QED) is 0.708. The van der Waals surface area contributed by atoms with E-state index in [-0.39, 0.29) is 0 Å². The summed E-state index contributed by atoms with van der Waals surface area (Å²) in [6, 6.07) is 4.56. The summed E-state index contributed by atoms with van der Waals surface area (Å²) in [7, 11) is 0. The molecule has 0 aromatic heterocycles. The highest BCUT2D eigenvalue weighted by molar-refractivity contribution is 5.37. The van der Waals surface area contributed by atoms with Crippen molar-refractivity contribution in [3.8, 4) is 0 Å². The fraction of sp³-hybridized carbons (Fsp3) is 0.600. The van der Waals surface area contributed by atoms with Gasteiger partial charge in [0.15, 0.2) is 0 Å². The van der Waals surface area contributed by atoms with Crippen molar-refractivity contribution in [1.29, 1.82) is 0 Å². The lowest BCUT2D eigenvalue weighted by Gasteiger charge is -2.12. The van der Waals surface area contributed by atoms with Gasteiger partial charge in [0.1, 0.15) is 0 Å². The van der Waals surface area contributed by atoms with Crippen molar-refractivity contribution in [3.63, 3.8) is 0 Å². The van der Waals surface area contributed by atoms with E-state index < -0.39 is 0 Å². The number of benzene rings is 1. The topological polar surface area (TPSA) is 24.1 Å². The Labute approximate surface area is 106 Å². The number of rotatable bonds is 7. The highest BCUT2D eigenvalue weighted by atomic mass is 14.9. The predicted octanol–water partition coefficient (Wildman–Crippen LogP) is 2.35. The van der Waals surface area contributed by atoms with Gasteiger partial charge in [0.05, 0.1) is 0 Å². The first-order chi connectivity index (χ1) is 8.15. The summed E-state index contributed by atoms with van der Waals surface area (Å²) in [5.41, 5.74) is 5.72. The van der Waals surface area contributed by atoms with Gasteiger partial charge in [-0.25, -0.2) is 0 Å². The standard InChI is InChI=1S/C15H26N2/c1-5-16-8-9-17-7-6-15-13(3)10-12(2)11-14(15)4/h10-11,16-17H,5-9H2,1-4H3. The fourth-order valence-electron chi connectivity index (χ4n) is 2.30. The third kappa shape index (κ3) is 4.88. The van der Waals surface area contributed by atoms with Crippen molar-refractivity contribution in [2.45, 2.75) is 34.1 Å². The maximum atomic E-state index is 3.48. The third-order valence-electron chi connectivity index (χ3n) is 3.12. The second kappa shape index (κ2) is 7.46. The molecule has 1 rings (SSSR count). The van der Waals surface area contributed by atoms with Crippen LogP contribution in [-0.4, -0.2) is 26.2 Å². The molecule has 1 aromatic carbocycles. The summed E-state index contributed by atoms with van der Waals surface area (Å²) >= 11 is 0. The van der Waals surface area contributed by atoms with Crippen LogP contribution >= 0.6 is 0 Å². The number of hydrogen-bond acceptors (Lipinski definition) is 2. The van der Waals surface area contributed by atoms with Gasteiger partial charge in [0, 0.05) is 13.1 Å². The summed E-state index contributed by atoms with van der Waals surface area (Å²) in [6.07, 6.45) is 1.13. The van der Waals surface area contributed by atoms with E-state index >= 15 is 0 Å². The average molecular weight is 234 g/mol. The van der Waals surface area contributed by atoms with Gasteiger partial charge in [-0.05, 0) is 57.0 Å². The monoisotopic (exact) mass is 234 g/mol. The molecule has 1 aromatic rings. The minimum absolute atomic E-state index is 1.05. The van der Waals surface area contributed by atoms with E-state index in [1.54, 1.807) is 0 Å². The minimum atomic E-state index is 1.05. The highest BCUT2D eigenvalue weighted by Gasteiger charge is 2.03. The normalized spacial score (nSPS) is 10.8. The van der Waals surface area contributed by atoms with E-state index in [4.69, 9.17) is 0 Å². The van der Waals surface area contributed by atoms with Crippen LogP contribution in [0.2, 0.25) is 0 Å². The molecule has 0 unspecified atom stereocenters. The number of hydrogen-bond donors (Lipinski definition) is 2. The van der Waals surface area contributed by atoms with E-state index in [9.17, 15) is 0 Å². The number of nitrogens with one attached hydrogen (secondary N) is 2. The average Bonchev–Trinajstić information content (AvgIpc) is 2.26. The van der Waals surface area contributed by atoms with E-state index in [0.29, 0.717) is 0 Å². The zero-order valence-electron chi connectivity index (χ0n) is 11.7. The van der Waals surface area contributed by atoms with Crippen molar-refractivity contribution < 1.29 is 0 Å². The SMILES string of the molecule is CCNCCNCCc1c(C)cc(C)cc1C. The molecule has 0 saturated carbocycles. The van der Waals surface area contributed by atoms with E-state index in [1.165, 1.54) is 22.3 Å². The zero-order chi connectivity index (χ0) is 12.7. The molecule has 0 spiro atoms. The maximum absolute atomic E-state index is 3.48. The van der Waals surface area contributed by atoms with Crippen molar-refractivity contribution >= 4 is 0 Å². The Morgan fingerprint density at radius 2 is 1.47 bits per heavy atom. The molecule has 0 amide bonds. The molecule has 17 heavy (non-hydrogen) atoms. The maximum Gasteiger partial charge on any atom is 0.00768 e. The Bertz CT molecular complexity index is 322. The Kier molecular flexibility index (Phi) is 6.23. The summed E-state index contributed by atoms with van der Waals surface area (Å²) in [4.78, 5) is 0. The number of likely N-dealkylation sites (N-methyl/N-ethyl adjacent to an activating group) is 1. The first-order valence-corrected chi connectivity index (χ1v) is 6.63. The van der Waals surface area contributed by atoms with Gasteiger partial charge in [-0.3, -0.25) is 0 Å². The van der Waals surface area contributed by atoms with Crippen LogP contribution in [0.15, 0.2) is 12.1 Å². The van der Waals surface area contributed by atoms with E-state index in [0.717, 1.165) is 32.6 Å². The lowest BCUT2D eigenvalue weighted by atomic mass is 9.97. The molecule has 0 radical (unpaired) electrons. The fourth-order valence-corrected chi connectivity index (χ4v) is 2.30. The Hall–Kier alpha value is -0.860. The summed E-state index contributed by atoms with van der Waals surface area (Å²) in [5.74, 6) is 0. The van der Waals surface area contributed by atoms with E-state index in [1.807, 2.05) is 0 Å². The zero-order valence-corrected chi connectivity index (χ0v) is 11.7. The van der Waals surface area contributed by atoms with Gasteiger partial charge in [-0.15, -0.1) is 0 Å². The molecule has 2 nitrogen and oxygen atoms in total. The van der Waals surface area contributed by atoms with Crippen molar-refractivity contribution in [1.82, 2.24) is 10.6 Å². The van der Waals surface area contributed by atoms with Crippen LogP contribution in [-0.2, 0) is 6.42 Å². The molecule has 0 bridgehead atoms. The van der Waals surface area contributed by atoms with Crippen molar-refractivity contribution in [3.05, 3.63) is 34.4 Å². The van der Waals surface area contributed by atoms with Crippen LogP contribution in [0.1, 0.15) is 29.2 Å². The molecule has 0 saturated heterocycles. The van der Waals surface area contributed by atoms with Crippen LogP contribution in [0.4, 0.5) is 0 Å². The molecule has 0 heterocycles. The largest absolute Gasteiger partial charge is 0.316 e. The predicted molar refractivity (Wildman–Crippen MR) is 75.8 cm³/mol. The van der Waals surface area contributed by atoms with Crippen LogP contribution in [0.25, 0.3) is 0 Å². The summed E-state index contributed by atoms with van der Waals surface area (Å²) in [6.45, 7) is 13.0. The molecule has 2 heteroatoms. The minimum Gasteiger partial charge on any atom is -0.316 e. The smallest absolute Gasteiger partial charge is 0.00768 e. The van der Waals surface area contributed by atoms with Gasteiger partial charge in [0.2, 0.25) is 0 Å². The van der Waals surface area contributed by atoms with E-state index in [2.05, 4.69) is 50.5 Å². The number of aryl methyl sites for hydroxylation is 3. The Morgan fingerprint density at radius 3 is 2.06 bits per heavy atom. The van der Waals surface area contributed by atoms with Crippen LogP contribution in [0, 0.1) is 20.8 Å². The van der Waals surface area contributed by atoms with Crippen molar-refractivity contribution in [2.24, 2.45) is 0 Å². The molecular formula is C15H26N2. The third-order valence-corrected chi connectivity index (χ3v) is 3.12. The highest BCUT2D eigenvalue weighted by Crippen LogP contribution is 2.16. The summed E-state index contributed by atoms with van der Waals surface area (Å²) < 4.78 is 0. The molecule has 0 aliphatic carbocycles. The van der Waals surface area contributed by atoms with Crippen LogP contribution in [0.3, 0.4) is 0 Å². The Balaban J connectivity index is 2.36. The first kappa shape index (κ1) is 14.2. The second-order valence-electron chi connectivity index (χ2n) is 4.73. The lowest BCUT2D eigenvalue weighted by molar-refractivity contribution is 0.623. The molecular weight excluding hydrogens is 208 g/mol. The van der Waals surface area contributed by atoms with Crippen molar-refractivity contribution in [2.75, 3.05) is 26.2 Å². The molecule has 0 fully saturated rings. The molecule has 2 N–H and O–H groups in total. The molecule has 0 atom stereocenters. The van der Waals surface area contributed by atoms with Gasteiger partial charge in [-0.1, -0.05) is 24.6 Å². The molecule has 0 aliphatic heterocycles. The first-order valence-electron chi connectivity index (χ1n) is 6.63. The van der Waals surface area contributed by atoms with Gasteiger partial charge < -0.3 is 10.6 Å². The lowest BCUT2D eigenvalue weighted by Crippen LogP contribution is -2.28. The second-order valence-corrected chi connectivity index (χ2v) is 4.73.